The topological polar surface area (TPSA) is 66.6 Å². The van der Waals surface area contributed by atoms with Gasteiger partial charge in [-0.25, -0.2) is 4.39 Å². The zero-order valence-electron chi connectivity index (χ0n) is 12.0. The fourth-order valence-corrected chi connectivity index (χ4v) is 2.64. The predicted molar refractivity (Wildman–Crippen MR) is 78.0 cm³/mol. The first-order valence-electron chi connectivity index (χ1n) is 6.98. The molecule has 1 aromatic rings. The third-order valence-electron chi connectivity index (χ3n) is 3.87. The molecule has 1 heterocycles. The summed E-state index contributed by atoms with van der Waals surface area (Å²) in [6, 6.07) is 3.72. The van der Waals surface area contributed by atoms with Crippen LogP contribution in [0.4, 0.5) is 4.39 Å². The average Bonchev–Trinajstić information content (AvgIpc) is 2.86. The zero-order valence-corrected chi connectivity index (χ0v) is 12.0. The molecule has 4 nitrogen and oxygen atoms in total. The Hall–Kier alpha value is -1.90. The summed E-state index contributed by atoms with van der Waals surface area (Å²) in [5.74, 6) is 4.93. The highest BCUT2D eigenvalue weighted by molar-refractivity contribution is 5.97. The highest BCUT2D eigenvalue weighted by Crippen LogP contribution is 2.26. The number of nitrogens with two attached hydrogens (primary N) is 1. The molecule has 3 N–H and O–H groups in total. The fraction of sp³-hybridized carbons (Fsp3) is 0.438. The average molecular weight is 290 g/mol. The highest BCUT2D eigenvalue weighted by atomic mass is 19.1. The molecule has 2 atom stereocenters. The Balaban J connectivity index is 2.36. The predicted octanol–water partition coefficient (Wildman–Crippen LogP) is 0.979. The molecule has 1 aromatic carbocycles. The van der Waals surface area contributed by atoms with Gasteiger partial charge < -0.3 is 15.7 Å². The number of carbonyl (C=O) groups excluding carboxylic acids is 1. The van der Waals surface area contributed by atoms with Gasteiger partial charge in [0.2, 0.25) is 0 Å². The first-order chi connectivity index (χ1) is 10.1. The van der Waals surface area contributed by atoms with Crippen LogP contribution in [0.1, 0.15) is 29.3 Å². The van der Waals surface area contributed by atoms with Gasteiger partial charge in [-0.3, -0.25) is 4.79 Å². The first kappa shape index (κ1) is 15.5. The fourth-order valence-electron chi connectivity index (χ4n) is 2.64. The van der Waals surface area contributed by atoms with E-state index in [1.54, 1.807) is 4.90 Å². The van der Waals surface area contributed by atoms with Gasteiger partial charge >= 0.3 is 0 Å². The van der Waals surface area contributed by atoms with Crippen molar-refractivity contribution >= 4 is 5.91 Å². The van der Waals surface area contributed by atoms with Crippen LogP contribution < -0.4 is 5.73 Å². The van der Waals surface area contributed by atoms with Gasteiger partial charge in [0.05, 0.1) is 24.8 Å². The van der Waals surface area contributed by atoms with Crippen LogP contribution in [-0.4, -0.2) is 41.7 Å². The van der Waals surface area contributed by atoms with Crippen molar-refractivity contribution in [3.63, 3.8) is 0 Å². The van der Waals surface area contributed by atoms with E-state index in [9.17, 15) is 14.3 Å². The Morgan fingerprint density at radius 2 is 2.33 bits per heavy atom. The van der Waals surface area contributed by atoms with Crippen LogP contribution in [0.5, 0.6) is 0 Å². The number of carbonyl (C=O) groups is 1. The third kappa shape index (κ3) is 3.23. The number of likely N-dealkylation sites (tertiary alicyclic amines) is 1. The Kier molecular flexibility index (Phi) is 4.94. The molecule has 0 bridgehead atoms. The number of rotatable bonds is 2. The van der Waals surface area contributed by atoms with Crippen LogP contribution in [0, 0.1) is 23.6 Å². The minimum Gasteiger partial charge on any atom is -0.394 e. The van der Waals surface area contributed by atoms with Crippen molar-refractivity contribution in [2.45, 2.75) is 19.4 Å². The van der Waals surface area contributed by atoms with E-state index < -0.39 is 5.82 Å². The quantitative estimate of drug-likeness (QED) is 0.798. The second-order valence-electron chi connectivity index (χ2n) is 5.21. The molecule has 2 unspecified atom stereocenters. The van der Waals surface area contributed by atoms with Gasteiger partial charge in [-0.05, 0) is 30.5 Å². The molecule has 0 spiro atoms. The molecule has 0 saturated carbocycles. The first-order valence-corrected chi connectivity index (χ1v) is 6.98. The number of aliphatic hydroxyl groups is 1. The summed E-state index contributed by atoms with van der Waals surface area (Å²) >= 11 is 0. The van der Waals surface area contributed by atoms with Crippen LogP contribution in [0.25, 0.3) is 0 Å². The maximum absolute atomic E-state index is 13.5. The zero-order chi connectivity index (χ0) is 15.4. The van der Waals surface area contributed by atoms with E-state index in [-0.39, 0.29) is 36.6 Å². The molecule has 1 fully saturated rings. The lowest BCUT2D eigenvalue weighted by molar-refractivity contribution is 0.0647. The van der Waals surface area contributed by atoms with Crippen molar-refractivity contribution in [1.29, 1.82) is 0 Å². The van der Waals surface area contributed by atoms with E-state index in [2.05, 4.69) is 11.8 Å². The van der Waals surface area contributed by atoms with Crippen LogP contribution in [0.3, 0.4) is 0 Å². The molecule has 0 aromatic heterocycles. The molecule has 1 amide bonds. The van der Waals surface area contributed by atoms with Gasteiger partial charge in [0.25, 0.3) is 5.91 Å². The number of aliphatic hydroxyl groups excluding tert-OH is 1. The van der Waals surface area contributed by atoms with Gasteiger partial charge in [0.1, 0.15) is 5.82 Å². The van der Waals surface area contributed by atoms with Crippen molar-refractivity contribution in [1.82, 2.24) is 4.90 Å². The number of hydrogen-bond donors (Lipinski definition) is 2. The summed E-state index contributed by atoms with van der Waals surface area (Å²) in [4.78, 5) is 14.3. The molecule has 112 valence electrons. The summed E-state index contributed by atoms with van der Waals surface area (Å²) in [6.45, 7) is 2.64. The van der Waals surface area contributed by atoms with Crippen LogP contribution in [0.15, 0.2) is 18.2 Å². The van der Waals surface area contributed by atoms with Crippen molar-refractivity contribution in [2.24, 2.45) is 11.7 Å². The number of benzene rings is 1. The lowest BCUT2D eigenvalue weighted by Crippen LogP contribution is -2.40. The van der Waals surface area contributed by atoms with Gasteiger partial charge in [-0.2, -0.15) is 0 Å². The second kappa shape index (κ2) is 6.70. The summed E-state index contributed by atoms with van der Waals surface area (Å²) in [6.07, 6.45) is 0.829. The summed E-state index contributed by atoms with van der Waals surface area (Å²) < 4.78 is 13.5. The molecule has 1 aliphatic rings. The van der Waals surface area contributed by atoms with Gasteiger partial charge in [-0.1, -0.05) is 18.8 Å². The monoisotopic (exact) mass is 290 g/mol. The Morgan fingerprint density at radius 1 is 1.57 bits per heavy atom. The Bertz CT molecular complexity index is 592. The van der Waals surface area contributed by atoms with E-state index in [4.69, 9.17) is 5.73 Å². The smallest absolute Gasteiger partial charge is 0.255 e. The van der Waals surface area contributed by atoms with Crippen LogP contribution in [-0.2, 0) is 0 Å². The molecule has 0 radical (unpaired) electrons. The van der Waals surface area contributed by atoms with Gasteiger partial charge in [0.15, 0.2) is 0 Å². The van der Waals surface area contributed by atoms with Crippen LogP contribution >= 0.6 is 0 Å². The Labute approximate surface area is 123 Å². The Morgan fingerprint density at radius 3 is 3.00 bits per heavy atom. The molecular formula is C16H19FN2O2. The maximum atomic E-state index is 13.5. The largest absolute Gasteiger partial charge is 0.394 e. The van der Waals surface area contributed by atoms with Crippen molar-refractivity contribution in [3.05, 3.63) is 35.1 Å². The molecule has 21 heavy (non-hydrogen) atoms. The molecule has 1 saturated heterocycles. The number of amides is 1. The molecule has 0 aliphatic carbocycles. The van der Waals surface area contributed by atoms with Crippen molar-refractivity contribution in [2.75, 3.05) is 19.7 Å². The lowest BCUT2D eigenvalue weighted by Gasteiger charge is -2.25. The minimum absolute atomic E-state index is 0.0912. The van der Waals surface area contributed by atoms with Gasteiger partial charge in [-0.15, -0.1) is 0 Å². The third-order valence-corrected chi connectivity index (χ3v) is 3.87. The minimum atomic E-state index is -0.482. The summed E-state index contributed by atoms with van der Waals surface area (Å²) in [5.41, 5.74) is 6.03. The van der Waals surface area contributed by atoms with Crippen LogP contribution in [0.2, 0.25) is 0 Å². The highest BCUT2D eigenvalue weighted by Gasteiger charge is 2.34. The molecule has 1 aliphatic heterocycles. The standard InChI is InChI=1S/C16H19FN2O2/c1-11-6-8-19(15(11)10-20)16(21)14-9-13(17)5-4-12(14)3-2-7-18/h4-5,9,11,15,20H,6-8,10,18H2,1H3. The number of halogens is 1. The number of nitrogens with zero attached hydrogens (tertiary/aromatic N) is 1. The number of hydrogen-bond acceptors (Lipinski definition) is 3. The summed E-state index contributed by atoms with van der Waals surface area (Å²) in [5, 5.41) is 9.46. The van der Waals surface area contributed by atoms with E-state index in [0.29, 0.717) is 12.1 Å². The van der Waals surface area contributed by atoms with E-state index in [1.807, 2.05) is 6.92 Å². The molecule has 2 rings (SSSR count). The SMILES string of the molecule is CC1CCN(C(=O)c2cc(F)ccc2C#CCN)C1CO. The maximum Gasteiger partial charge on any atom is 0.255 e. The van der Waals surface area contributed by atoms with E-state index in [0.717, 1.165) is 6.42 Å². The second-order valence-corrected chi connectivity index (χ2v) is 5.21. The summed E-state index contributed by atoms with van der Waals surface area (Å²) in [7, 11) is 0. The van der Waals surface area contributed by atoms with E-state index >= 15 is 0 Å². The molecular weight excluding hydrogens is 271 g/mol. The lowest BCUT2D eigenvalue weighted by atomic mass is 10.0. The van der Waals surface area contributed by atoms with Gasteiger partial charge in [0, 0.05) is 12.1 Å². The normalized spacial score (nSPS) is 21.0. The van der Waals surface area contributed by atoms with E-state index in [1.165, 1.54) is 18.2 Å². The molecule has 5 heteroatoms. The van der Waals surface area contributed by atoms with Crippen molar-refractivity contribution in [3.8, 4) is 11.8 Å². The van der Waals surface area contributed by atoms with Crippen molar-refractivity contribution < 1.29 is 14.3 Å².